The highest BCUT2D eigenvalue weighted by Gasteiger charge is 2.31. The lowest BCUT2D eigenvalue weighted by atomic mass is 9.99. The zero-order valence-electron chi connectivity index (χ0n) is 15.1. The van der Waals surface area contributed by atoms with Crippen LogP contribution in [0, 0.1) is 6.92 Å². The van der Waals surface area contributed by atoms with Crippen LogP contribution in [0.3, 0.4) is 0 Å². The zero-order chi connectivity index (χ0) is 20.9. The highest BCUT2D eigenvalue weighted by atomic mass is 19.4. The number of H-pyrrole nitrogens is 1. The minimum Gasteiger partial charge on any atom is -0.507 e. The number of aryl methyl sites for hydroxylation is 1. The van der Waals surface area contributed by atoms with Crippen molar-refractivity contribution in [2.24, 2.45) is 0 Å². The van der Waals surface area contributed by atoms with Gasteiger partial charge in [0, 0.05) is 11.6 Å². The molecule has 0 radical (unpaired) electrons. The lowest BCUT2D eigenvalue weighted by Gasteiger charge is -2.13. The van der Waals surface area contributed by atoms with Crippen molar-refractivity contribution < 1.29 is 23.4 Å². The molecule has 8 heteroatoms. The molecule has 5 nitrogen and oxygen atoms in total. The molecule has 0 amide bonds. The Morgan fingerprint density at radius 2 is 1.66 bits per heavy atom. The molecule has 29 heavy (non-hydrogen) atoms. The number of aromatic hydroxyl groups is 2. The minimum atomic E-state index is -4.55. The summed E-state index contributed by atoms with van der Waals surface area (Å²) >= 11 is 0. The van der Waals surface area contributed by atoms with Gasteiger partial charge in [-0.2, -0.15) is 13.2 Å². The van der Waals surface area contributed by atoms with E-state index >= 15 is 0 Å². The van der Waals surface area contributed by atoms with Crippen molar-refractivity contribution in [1.82, 2.24) is 9.55 Å². The molecule has 0 saturated heterocycles. The predicted octanol–water partition coefficient (Wildman–Crippen LogP) is 4.72. The predicted molar refractivity (Wildman–Crippen MR) is 102 cm³/mol. The summed E-state index contributed by atoms with van der Waals surface area (Å²) in [6, 6.07) is 12.6. The molecule has 0 bridgehead atoms. The van der Waals surface area contributed by atoms with Gasteiger partial charge in [0.05, 0.1) is 22.3 Å². The van der Waals surface area contributed by atoms with Crippen molar-refractivity contribution >= 4 is 11.0 Å². The van der Waals surface area contributed by atoms with Crippen LogP contribution < -0.4 is 5.69 Å². The number of alkyl halides is 3. The topological polar surface area (TPSA) is 78.2 Å². The van der Waals surface area contributed by atoms with Gasteiger partial charge in [0.1, 0.15) is 11.5 Å². The molecule has 0 atom stereocenters. The lowest BCUT2D eigenvalue weighted by molar-refractivity contribution is -0.137. The maximum atomic E-state index is 13.0. The number of aromatic nitrogens is 2. The summed E-state index contributed by atoms with van der Waals surface area (Å²) in [6.07, 6.45) is -4.55. The SMILES string of the molecule is Cc1ccccc1-c1cc(-n2c(=O)[nH]c3cc(C(F)(F)F)ccc32)c(O)cc1O. The van der Waals surface area contributed by atoms with Gasteiger partial charge in [-0.15, -0.1) is 0 Å². The average Bonchev–Trinajstić information content (AvgIpc) is 2.97. The van der Waals surface area contributed by atoms with Gasteiger partial charge in [-0.25, -0.2) is 4.79 Å². The number of nitrogens with zero attached hydrogens (tertiary/aromatic N) is 1. The number of hydrogen-bond donors (Lipinski definition) is 3. The maximum absolute atomic E-state index is 13.0. The molecular weight excluding hydrogens is 385 g/mol. The van der Waals surface area contributed by atoms with Crippen LogP contribution in [-0.2, 0) is 6.18 Å². The largest absolute Gasteiger partial charge is 0.507 e. The highest BCUT2D eigenvalue weighted by molar-refractivity contribution is 5.82. The summed E-state index contributed by atoms with van der Waals surface area (Å²) in [4.78, 5) is 14.9. The number of fused-ring (bicyclic) bond motifs is 1. The second-order valence-corrected chi connectivity index (χ2v) is 6.67. The lowest BCUT2D eigenvalue weighted by Crippen LogP contribution is -2.14. The Bertz CT molecular complexity index is 1300. The molecule has 0 aliphatic carbocycles. The van der Waals surface area contributed by atoms with Crippen molar-refractivity contribution in [2.45, 2.75) is 13.1 Å². The fourth-order valence-electron chi connectivity index (χ4n) is 3.36. The first kappa shape index (κ1) is 18.7. The molecule has 0 saturated carbocycles. The Labute approximate surface area is 162 Å². The van der Waals surface area contributed by atoms with E-state index in [9.17, 15) is 28.2 Å². The second kappa shape index (κ2) is 6.44. The van der Waals surface area contributed by atoms with E-state index in [1.165, 1.54) is 6.07 Å². The van der Waals surface area contributed by atoms with Crippen molar-refractivity contribution in [3.63, 3.8) is 0 Å². The molecule has 3 N–H and O–H groups in total. The van der Waals surface area contributed by atoms with E-state index in [0.717, 1.165) is 34.4 Å². The van der Waals surface area contributed by atoms with Gasteiger partial charge < -0.3 is 15.2 Å². The Morgan fingerprint density at radius 1 is 0.931 bits per heavy atom. The van der Waals surface area contributed by atoms with Gasteiger partial charge in [0.25, 0.3) is 0 Å². The van der Waals surface area contributed by atoms with Crippen LogP contribution in [0.4, 0.5) is 13.2 Å². The van der Waals surface area contributed by atoms with Crippen LogP contribution in [0.5, 0.6) is 11.5 Å². The van der Waals surface area contributed by atoms with E-state index in [-0.39, 0.29) is 28.2 Å². The summed E-state index contributed by atoms with van der Waals surface area (Å²) in [6.45, 7) is 1.85. The Hall–Kier alpha value is -3.68. The minimum absolute atomic E-state index is 0.0188. The number of nitrogens with one attached hydrogen (secondary N) is 1. The van der Waals surface area contributed by atoms with Crippen LogP contribution in [0.25, 0.3) is 27.8 Å². The van der Waals surface area contributed by atoms with Gasteiger partial charge in [0.2, 0.25) is 0 Å². The monoisotopic (exact) mass is 400 g/mol. The summed E-state index contributed by atoms with van der Waals surface area (Å²) in [5.41, 5.74) is 0.514. The zero-order valence-corrected chi connectivity index (χ0v) is 15.1. The number of phenolic OH excluding ortho intramolecular Hbond substituents is 2. The van der Waals surface area contributed by atoms with Crippen molar-refractivity contribution in [3.05, 3.63) is 76.2 Å². The first-order valence-corrected chi connectivity index (χ1v) is 8.61. The van der Waals surface area contributed by atoms with E-state index < -0.39 is 17.4 Å². The number of rotatable bonds is 2. The van der Waals surface area contributed by atoms with Crippen LogP contribution in [-0.4, -0.2) is 19.8 Å². The molecule has 3 aromatic carbocycles. The third-order valence-electron chi connectivity index (χ3n) is 4.78. The average molecular weight is 400 g/mol. The standard InChI is InChI=1S/C21H15F3N2O3/c1-11-4-2-3-5-13(11)14-9-17(19(28)10-18(14)27)26-16-7-6-12(21(22,23)24)8-15(16)25-20(26)29/h2-10,27-28H,1H3,(H,25,29). The number of hydrogen-bond acceptors (Lipinski definition) is 3. The van der Waals surface area contributed by atoms with Crippen LogP contribution in [0.2, 0.25) is 0 Å². The van der Waals surface area contributed by atoms with Crippen LogP contribution >= 0.6 is 0 Å². The first-order chi connectivity index (χ1) is 13.7. The molecule has 0 unspecified atom stereocenters. The van der Waals surface area contributed by atoms with Gasteiger partial charge in [0.15, 0.2) is 0 Å². The molecule has 4 aromatic rings. The second-order valence-electron chi connectivity index (χ2n) is 6.67. The quantitative estimate of drug-likeness (QED) is 0.455. The molecule has 0 fully saturated rings. The van der Waals surface area contributed by atoms with E-state index in [2.05, 4.69) is 4.98 Å². The summed E-state index contributed by atoms with van der Waals surface area (Å²) in [7, 11) is 0. The molecular formula is C21H15F3N2O3. The maximum Gasteiger partial charge on any atom is 0.416 e. The molecule has 0 spiro atoms. The molecule has 148 valence electrons. The molecule has 4 rings (SSSR count). The third kappa shape index (κ3) is 3.12. The Morgan fingerprint density at radius 3 is 2.34 bits per heavy atom. The van der Waals surface area contributed by atoms with Crippen molar-refractivity contribution in [2.75, 3.05) is 0 Å². The van der Waals surface area contributed by atoms with Gasteiger partial charge in [-0.1, -0.05) is 24.3 Å². The van der Waals surface area contributed by atoms with Gasteiger partial charge in [-0.05, 0) is 42.3 Å². The first-order valence-electron chi connectivity index (χ1n) is 8.61. The van der Waals surface area contributed by atoms with Crippen molar-refractivity contribution in [1.29, 1.82) is 0 Å². The fourth-order valence-corrected chi connectivity index (χ4v) is 3.36. The summed E-state index contributed by atoms with van der Waals surface area (Å²) in [5, 5.41) is 20.7. The van der Waals surface area contributed by atoms with E-state index in [0.29, 0.717) is 11.1 Å². The summed E-state index contributed by atoms with van der Waals surface area (Å²) in [5.74, 6) is -0.574. The van der Waals surface area contributed by atoms with Crippen LogP contribution in [0.1, 0.15) is 11.1 Å². The third-order valence-corrected chi connectivity index (χ3v) is 4.78. The van der Waals surface area contributed by atoms with Gasteiger partial charge >= 0.3 is 11.9 Å². The molecule has 1 aromatic heterocycles. The summed E-state index contributed by atoms with van der Waals surface area (Å²) < 4.78 is 40.0. The smallest absolute Gasteiger partial charge is 0.416 e. The number of imidazole rings is 1. The highest BCUT2D eigenvalue weighted by Crippen LogP contribution is 2.38. The number of halogens is 3. The number of phenols is 2. The molecule has 1 heterocycles. The Balaban J connectivity index is 1.97. The van der Waals surface area contributed by atoms with E-state index in [4.69, 9.17) is 0 Å². The fraction of sp³-hybridized carbons (Fsp3) is 0.0952. The molecule has 0 aliphatic rings. The van der Waals surface area contributed by atoms with Crippen molar-refractivity contribution in [3.8, 4) is 28.3 Å². The van der Waals surface area contributed by atoms with E-state index in [1.807, 2.05) is 19.1 Å². The number of benzene rings is 3. The molecule has 0 aliphatic heterocycles. The normalized spacial score (nSPS) is 11.9. The Kier molecular flexibility index (Phi) is 4.15. The number of aromatic amines is 1. The van der Waals surface area contributed by atoms with Gasteiger partial charge in [-0.3, -0.25) is 4.57 Å². The van der Waals surface area contributed by atoms with E-state index in [1.54, 1.807) is 12.1 Å². The van der Waals surface area contributed by atoms with Crippen LogP contribution in [0.15, 0.2) is 59.4 Å².